The van der Waals surface area contributed by atoms with Gasteiger partial charge in [0, 0.05) is 23.3 Å². The van der Waals surface area contributed by atoms with Crippen molar-refractivity contribution in [1.29, 1.82) is 0 Å². The summed E-state index contributed by atoms with van der Waals surface area (Å²) in [6.45, 7) is 3.92. The first-order valence-corrected chi connectivity index (χ1v) is 6.64. The number of halogens is 1. The second-order valence-corrected chi connectivity index (χ2v) is 5.05. The molecule has 0 radical (unpaired) electrons. The van der Waals surface area contributed by atoms with Crippen LogP contribution in [0.15, 0.2) is 42.6 Å². The van der Waals surface area contributed by atoms with Gasteiger partial charge in [0.25, 0.3) is 0 Å². The number of aromatic nitrogens is 1. The maximum absolute atomic E-state index is 14.2. The number of ether oxygens (including phenoxy) is 1. The fourth-order valence-corrected chi connectivity index (χ4v) is 2.33. The van der Waals surface area contributed by atoms with Crippen LogP contribution in [0.4, 0.5) is 10.1 Å². The van der Waals surface area contributed by atoms with Crippen LogP contribution < -0.4 is 10.5 Å². The number of nitrogens with zero attached hydrogens (tertiary/aromatic N) is 1. The summed E-state index contributed by atoms with van der Waals surface area (Å²) in [7, 11) is 0. The lowest BCUT2D eigenvalue weighted by Gasteiger charge is -2.13. The van der Waals surface area contributed by atoms with Crippen LogP contribution in [0.3, 0.4) is 0 Å². The highest BCUT2D eigenvalue weighted by molar-refractivity contribution is 5.94. The number of rotatable bonds is 2. The summed E-state index contributed by atoms with van der Waals surface area (Å²) in [5.74, 6) is 0.196. The van der Waals surface area contributed by atoms with Gasteiger partial charge in [-0.3, -0.25) is 4.98 Å². The van der Waals surface area contributed by atoms with E-state index >= 15 is 0 Å². The molecule has 2 N–H and O–H groups in total. The third-order valence-corrected chi connectivity index (χ3v) is 3.38. The van der Waals surface area contributed by atoms with E-state index in [1.165, 1.54) is 6.07 Å². The summed E-state index contributed by atoms with van der Waals surface area (Å²) < 4.78 is 20.0. The molecule has 0 unspecified atom stereocenters. The van der Waals surface area contributed by atoms with Gasteiger partial charge in [-0.2, -0.15) is 0 Å². The van der Waals surface area contributed by atoms with Crippen LogP contribution in [-0.2, 0) is 0 Å². The summed E-state index contributed by atoms with van der Waals surface area (Å²) in [5, 5.41) is 0.679. The van der Waals surface area contributed by atoms with Crippen molar-refractivity contribution in [2.45, 2.75) is 13.8 Å². The highest BCUT2D eigenvalue weighted by Crippen LogP contribution is 2.35. The maximum atomic E-state index is 14.2. The normalized spacial score (nSPS) is 10.8. The second kappa shape index (κ2) is 5.05. The zero-order chi connectivity index (χ0) is 15.0. The molecule has 106 valence electrons. The van der Waals surface area contributed by atoms with Gasteiger partial charge < -0.3 is 10.5 Å². The molecular weight excluding hydrogens is 267 g/mol. The topological polar surface area (TPSA) is 48.1 Å². The van der Waals surface area contributed by atoms with Gasteiger partial charge >= 0.3 is 0 Å². The average molecular weight is 282 g/mol. The summed E-state index contributed by atoms with van der Waals surface area (Å²) >= 11 is 0. The summed E-state index contributed by atoms with van der Waals surface area (Å²) in [4.78, 5) is 4.20. The van der Waals surface area contributed by atoms with Gasteiger partial charge in [0.2, 0.25) is 0 Å². The van der Waals surface area contributed by atoms with Crippen LogP contribution in [0.25, 0.3) is 10.9 Å². The smallest absolute Gasteiger partial charge is 0.189 e. The molecule has 0 aliphatic rings. The van der Waals surface area contributed by atoms with Crippen molar-refractivity contribution in [2.24, 2.45) is 0 Å². The number of hydrogen-bond donors (Lipinski definition) is 1. The molecular formula is C17H15FN2O. The first kappa shape index (κ1) is 13.4. The van der Waals surface area contributed by atoms with Crippen molar-refractivity contribution < 1.29 is 9.13 Å². The summed E-state index contributed by atoms with van der Waals surface area (Å²) in [5.41, 5.74) is 8.68. The van der Waals surface area contributed by atoms with Crippen LogP contribution in [0, 0.1) is 19.7 Å². The van der Waals surface area contributed by atoms with Gasteiger partial charge in [-0.25, -0.2) is 4.39 Å². The fraction of sp³-hybridized carbons (Fsp3) is 0.118. The van der Waals surface area contributed by atoms with Gasteiger partial charge in [-0.15, -0.1) is 0 Å². The van der Waals surface area contributed by atoms with Crippen molar-refractivity contribution in [3.8, 4) is 11.5 Å². The van der Waals surface area contributed by atoms with E-state index in [0.29, 0.717) is 22.3 Å². The molecule has 0 spiro atoms. The number of aryl methyl sites for hydroxylation is 2. The standard InChI is InChI=1S/C17H15FN2O/c1-10-5-6-15(11(2)8-10)21-17-13(18)9-14(19)12-4-3-7-20-16(12)17/h3-9H,19H2,1-2H3. The molecule has 0 bridgehead atoms. The van der Waals surface area contributed by atoms with E-state index in [-0.39, 0.29) is 5.75 Å². The van der Waals surface area contributed by atoms with Crippen LogP contribution in [0.5, 0.6) is 11.5 Å². The van der Waals surface area contributed by atoms with Crippen molar-refractivity contribution in [3.05, 3.63) is 59.5 Å². The van der Waals surface area contributed by atoms with E-state index in [0.717, 1.165) is 11.1 Å². The predicted molar refractivity (Wildman–Crippen MR) is 82.1 cm³/mol. The fourth-order valence-electron chi connectivity index (χ4n) is 2.33. The number of anilines is 1. The van der Waals surface area contributed by atoms with Crippen molar-refractivity contribution in [1.82, 2.24) is 4.98 Å². The lowest BCUT2D eigenvalue weighted by molar-refractivity contribution is 0.444. The predicted octanol–water partition coefficient (Wildman–Crippen LogP) is 4.37. The Balaban J connectivity index is 2.16. The number of fused-ring (bicyclic) bond motifs is 1. The minimum atomic E-state index is -0.515. The van der Waals surface area contributed by atoms with Crippen molar-refractivity contribution in [2.75, 3.05) is 5.73 Å². The molecule has 0 aliphatic heterocycles. The van der Waals surface area contributed by atoms with Gasteiger partial charge in [0.1, 0.15) is 11.3 Å². The van der Waals surface area contributed by atoms with E-state index in [9.17, 15) is 4.39 Å². The van der Waals surface area contributed by atoms with E-state index in [1.807, 2.05) is 32.0 Å². The van der Waals surface area contributed by atoms with E-state index in [2.05, 4.69) is 4.98 Å². The lowest BCUT2D eigenvalue weighted by atomic mass is 10.1. The molecule has 1 heterocycles. The molecule has 0 saturated carbocycles. The molecule has 4 heteroatoms. The summed E-state index contributed by atoms with van der Waals surface area (Å²) in [6.07, 6.45) is 1.59. The Hall–Kier alpha value is -2.62. The molecule has 0 amide bonds. The number of hydrogen-bond acceptors (Lipinski definition) is 3. The van der Waals surface area contributed by atoms with Crippen LogP contribution in [0.2, 0.25) is 0 Å². The molecule has 0 saturated heterocycles. The molecule has 2 aromatic carbocycles. The zero-order valence-corrected chi connectivity index (χ0v) is 11.9. The number of benzene rings is 2. The van der Waals surface area contributed by atoms with Crippen molar-refractivity contribution >= 4 is 16.6 Å². The first-order valence-electron chi connectivity index (χ1n) is 6.64. The molecule has 3 rings (SSSR count). The first-order chi connectivity index (χ1) is 10.1. The lowest BCUT2D eigenvalue weighted by Crippen LogP contribution is -1.97. The Morgan fingerprint density at radius 2 is 1.95 bits per heavy atom. The van der Waals surface area contributed by atoms with Crippen LogP contribution in [-0.4, -0.2) is 4.98 Å². The third-order valence-electron chi connectivity index (χ3n) is 3.38. The number of pyridine rings is 1. The molecule has 21 heavy (non-hydrogen) atoms. The number of nitrogen functional groups attached to an aromatic ring is 1. The van der Waals surface area contributed by atoms with E-state index < -0.39 is 5.82 Å². The molecule has 1 aromatic heterocycles. The van der Waals surface area contributed by atoms with E-state index in [4.69, 9.17) is 10.5 Å². The highest BCUT2D eigenvalue weighted by Gasteiger charge is 2.15. The van der Waals surface area contributed by atoms with Gasteiger partial charge in [0.15, 0.2) is 11.6 Å². The second-order valence-electron chi connectivity index (χ2n) is 5.05. The third kappa shape index (κ3) is 2.40. The van der Waals surface area contributed by atoms with Gasteiger partial charge in [-0.05, 0) is 37.6 Å². The van der Waals surface area contributed by atoms with Crippen LogP contribution in [0.1, 0.15) is 11.1 Å². The summed E-state index contributed by atoms with van der Waals surface area (Å²) in [6, 6.07) is 10.6. The Labute approximate surface area is 122 Å². The Bertz CT molecular complexity index is 830. The largest absolute Gasteiger partial charge is 0.452 e. The Kier molecular flexibility index (Phi) is 3.22. The minimum absolute atomic E-state index is 0.103. The van der Waals surface area contributed by atoms with Gasteiger partial charge in [0.05, 0.1) is 0 Å². The maximum Gasteiger partial charge on any atom is 0.189 e. The Morgan fingerprint density at radius 1 is 1.14 bits per heavy atom. The van der Waals surface area contributed by atoms with Gasteiger partial charge in [-0.1, -0.05) is 17.7 Å². The number of nitrogens with two attached hydrogens (primary N) is 1. The minimum Gasteiger partial charge on any atom is -0.452 e. The molecule has 3 nitrogen and oxygen atoms in total. The molecule has 0 aliphatic carbocycles. The van der Waals surface area contributed by atoms with Crippen LogP contribution >= 0.6 is 0 Å². The SMILES string of the molecule is Cc1ccc(Oc2c(F)cc(N)c3cccnc23)c(C)c1. The van der Waals surface area contributed by atoms with E-state index in [1.54, 1.807) is 18.3 Å². The molecule has 0 fully saturated rings. The quantitative estimate of drug-likeness (QED) is 0.710. The highest BCUT2D eigenvalue weighted by atomic mass is 19.1. The average Bonchev–Trinajstić information content (AvgIpc) is 2.45. The zero-order valence-electron chi connectivity index (χ0n) is 11.9. The molecule has 0 atom stereocenters. The Morgan fingerprint density at radius 3 is 2.71 bits per heavy atom. The van der Waals surface area contributed by atoms with Crippen molar-refractivity contribution in [3.63, 3.8) is 0 Å². The monoisotopic (exact) mass is 282 g/mol. The molecule has 3 aromatic rings.